The molecule has 0 aliphatic carbocycles. The van der Waals surface area contributed by atoms with Crippen molar-refractivity contribution in [2.75, 3.05) is 0 Å². The van der Waals surface area contributed by atoms with Gasteiger partial charge in [-0.15, -0.1) is 0 Å². The third-order valence-electron chi connectivity index (χ3n) is 1.23. The number of hydrogen-bond donors (Lipinski definition) is 0. The van der Waals surface area contributed by atoms with Crippen LogP contribution in [0.25, 0.3) is 0 Å². The SMILES string of the molecule is FC(F)(I)c1cc(I)ccc1Br. The average molecular weight is 459 g/mol. The Kier molecular flexibility index (Phi) is 3.73. The molecule has 1 aromatic carbocycles. The molecule has 0 bridgehead atoms. The van der Waals surface area contributed by atoms with Gasteiger partial charge in [0.15, 0.2) is 0 Å². The average Bonchev–Trinajstić information content (AvgIpc) is 1.92. The summed E-state index contributed by atoms with van der Waals surface area (Å²) >= 11 is 6.20. The fourth-order valence-electron chi connectivity index (χ4n) is 0.715. The van der Waals surface area contributed by atoms with Crippen molar-refractivity contribution in [2.45, 2.75) is 3.93 Å². The number of hydrogen-bond acceptors (Lipinski definition) is 0. The second-order valence-corrected chi connectivity index (χ2v) is 5.58. The van der Waals surface area contributed by atoms with Crippen molar-refractivity contribution in [2.24, 2.45) is 0 Å². The van der Waals surface area contributed by atoms with Crippen LogP contribution in [0, 0.1) is 3.57 Å². The number of halogens is 5. The van der Waals surface area contributed by atoms with Crippen LogP contribution in [-0.2, 0) is 3.93 Å². The van der Waals surface area contributed by atoms with Gasteiger partial charge >= 0.3 is 3.93 Å². The summed E-state index contributed by atoms with van der Waals surface area (Å²) in [7, 11) is 0. The first-order valence-electron chi connectivity index (χ1n) is 2.93. The zero-order valence-electron chi connectivity index (χ0n) is 5.62. The van der Waals surface area contributed by atoms with E-state index in [2.05, 4.69) is 15.9 Å². The summed E-state index contributed by atoms with van der Waals surface area (Å²) in [5.74, 6) is 0. The van der Waals surface area contributed by atoms with Crippen molar-refractivity contribution in [1.82, 2.24) is 0 Å². The van der Waals surface area contributed by atoms with Crippen LogP contribution in [0.5, 0.6) is 0 Å². The van der Waals surface area contributed by atoms with Crippen molar-refractivity contribution in [1.29, 1.82) is 0 Å². The minimum atomic E-state index is -2.81. The van der Waals surface area contributed by atoms with Gasteiger partial charge in [0, 0.05) is 36.2 Å². The molecule has 0 unspecified atom stereocenters. The molecular weight excluding hydrogens is 456 g/mol. The smallest absolute Gasteiger partial charge is 0.189 e. The molecule has 0 atom stereocenters. The predicted molar refractivity (Wildman–Crippen MR) is 64.8 cm³/mol. The fourth-order valence-corrected chi connectivity index (χ4v) is 2.52. The van der Waals surface area contributed by atoms with Crippen molar-refractivity contribution >= 4 is 61.1 Å². The normalized spacial score (nSPS) is 11.8. The lowest BCUT2D eigenvalue weighted by atomic mass is 10.2. The Morgan fingerprint density at radius 2 is 1.92 bits per heavy atom. The molecule has 0 spiro atoms. The Bertz CT molecular complexity index is 296. The van der Waals surface area contributed by atoms with E-state index in [1.165, 1.54) is 6.07 Å². The van der Waals surface area contributed by atoms with Crippen molar-refractivity contribution in [3.63, 3.8) is 0 Å². The van der Waals surface area contributed by atoms with Gasteiger partial charge in [-0.05, 0) is 40.8 Å². The third kappa shape index (κ3) is 2.76. The highest BCUT2D eigenvalue weighted by Gasteiger charge is 2.29. The highest BCUT2D eigenvalue weighted by molar-refractivity contribution is 14.1. The van der Waals surface area contributed by atoms with E-state index >= 15 is 0 Å². The Hall–Kier alpha value is 1.02. The Morgan fingerprint density at radius 1 is 1.33 bits per heavy atom. The topological polar surface area (TPSA) is 0 Å². The maximum absolute atomic E-state index is 12.8. The lowest BCUT2D eigenvalue weighted by molar-refractivity contribution is 0.126. The predicted octanol–water partition coefficient (Wildman–Crippen LogP) is 4.54. The molecule has 0 N–H and O–H groups in total. The molecule has 0 heterocycles. The molecule has 0 saturated carbocycles. The van der Waals surface area contributed by atoms with E-state index in [4.69, 9.17) is 0 Å². The van der Waals surface area contributed by atoms with E-state index in [1.54, 1.807) is 12.1 Å². The van der Waals surface area contributed by atoms with E-state index in [-0.39, 0.29) is 5.56 Å². The van der Waals surface area contributed by atoms with Crippen molar-refractivity contribution in [3.05, 3.63) is 31.8 Å². The molecule has 1 aromatic rings. The van der Waals surface area contributed by atoms with Crippen LogP contribution in [0.3, 0.4) is 0 Å². The van der Waals surface area contributed by atoms with Gasteiger partial charge in [0.2, 0.25) is 0 Å². The molecule has 5 heteroatoms. The minimum Gasteiger partial charge on any atom is -0.189 e. The van der Waals surface area contributed by atoms with Gasteiger partial charge in [0.1, 0.15) is 0 Å². The molecule has 66 valence electrons. The van der Waals surface area contributed by atoms with Gasteiger partial charge in [0.25, 0.3) is 0 Å². The number of benzene rings is 1. The molecular formula is C7H3BrF2I2. The lowest BCUT2D eigenvalue weighted by Gasteiger charge is -2.10. The van der Waals surface area contributed by atoms with E-state index in [1.807, 2.05) is 22.6 Å². The van der Waals surface area contributed by atoms with E-state index in [0.29, 0.717) is 4.47 Å². The summed E-state index contributed by atoms with van der Waals surface area (Å²) in [4.78, 5) is 0. The molecule has 0 fully saturated rings. The van der Waals surface area contributed by atoms with Gasteiger partial charge in [-0.25, -0.2) is 0 Å². The van der Waals surface area contributed by atoms with Gasteiger partial charge in [-0.3, -0.25) is 0 Å². The second-order valence-electron chi connectivity index (χ2n) is 2.12. The summed E-state index contributed by atoms with van der Waals surface area (Å²) in [5.41, 5.74) is 0.0231. The molecule has 1 rings (SSSR count). The van der Waals surface area contributed by atoms with Gasteiger partial charge in [0.05, 0.1) is 0 Å². The standard InChI is InChI=1S/C7H3BrF2I2/c8-6-2-1-4(11)3-5(6)7(9,10)12/h1-3H. The van der Waals surface area contributed by atoms with E-state index in [0.717, 1.165) is 26.2 Å². The van der Waals surface area contributed by atoms with E-state index in [9.17, 15) is 8.78 Å². The summed E-state index contributed by atoms with van der Waals surface area (Å²) in [5, 5.41) is 0. The maximum Gasteiger partial charge on any atom is 0.322 e. The van der Waals surface area contributed by atoms with Gasteiger partial charge in [-0.2, -0.15) is 8.78 Å². The first-order valence-corrected chi connectivity index (χ1v) is 5.88. The molecule has 0 aliphatic heterocycles. The number of alkyl halides is 3. The molecule has 0 radical (unpaired) electrons. The summed E-state index contributed by atoms with van der Waals surface area (Å²) in [6.45, 7) is 0. The zero-order valence-corrected chi connectivity index (χ0v) is 11.5. The first kappa shape index (κ1) is 11.1. The van der Waals surface area contributed by atoms with Crippen LogP contribution in [0.1, 0.15) is 5.56 Å². The molecule has 0 aromatic heterocycles. The Morgan fingerprint density at radius 3 is 2.33 bits per heavy atom. The minimum absolute atomic E-state index is 0.0231. The molecule has 0 saturated heterocycles. The molecule has 12 heavy (non-hydrogen) atoms. The Labute approximate surface area is 105 Å². The Balaban J connectivity index is 3.23. The summed E-state index contributed by atoms with van der Waals surface area (Å²) in [6.07, 6.45) is 0. The first-order chi connectivity index (χ1) is 5.41. The summed E-state index contributed by atoms with van der Waals surface area (Å²) in [6, 6.07) is 4.87. The van der Waals surface area contributed by atoms with Crippen LogP contribution in [0.2, 0.25) is 0 Å². The van der Waals surface area contributed by atoms with Crippen molar-refractivity contribution in [3.8, 4) is 0 Å². The highest BCUT2D eigenvalue weighted by atomic mass is 127. The lowest BCUT2D eigenvalue weighted by Crippen LogP contribution is -2.03. The van der Waals surface area contributed by atoms with Crippen LogP contribution in [0.15, 0.2) is 22.7 Å². The molecule has 0 nitrogen and oxygen atoms in total. The largest absolute Gasteiger partial charge is 0.322 e. The molecule has 0 amide bonds. The van der Waals surface area contributed by atoms with Crippen LogP contribution in [-0.4, -0.2) is 0 Å². The van der Waals surface area contributed by atoms with Crippen LogP contribution < -0.4 is 0 Å². The summed E-state index contributed by atoms with van der Waals surface area (Å²) < 4.78 is 24.1. The maximum atomic E-state index is 12.8. The monoisotopic (exact) mass is 458 g/mol. The van der Waals surface area contributed by atoms with Gasteiger partial charge in [-0.1, -0.05) is 15.9 Å². The van der Waals surface area contributed by atoms with Crippen LogP contribution >= 0.6 is 61.1 Å². The highest BCUT2D eigenvalue weighted by Crippen LogP contribution is 2.39. The van der Waals surface area contributed by atoms with Crippen molar-refractivity contribution < 1.29 is 8.78 Å². The van der Waals surface area contributed by atoms with Crippen LogP contribution in [0.4, 0.5) is 8.78 Å². The number of rotatable bonds is 1. The third-order valence-corrected chi connectivity index (χ3v) is 3.18. The van der Waals surface area contributed by atoms with E-state index < -0.39 is 3.93 Å². The fraction of sp³-hybridized carbons (Fsp3) is 0.143. The quantitative estimate of drug-likeness (QED) is 0.428. The zero-order chi connectivity index (χ0) is 9.35. The second kappa shape index (κ2) is 4.04. The van der Waals surface area contributed by atoms with Gasteiger partial charge < -0.3 is 0 Å². The molecule has 0 aliphatic rings.